The van der Waals surface area contributed by atoms with Crippen LogP contribution in [0.5, 0.6) is 0 Å². The van der Waals surface area contributed by atoms with E-state index < -0.39 is 5.97 Å². The molecule has 6 heteroatoms. The molecule has 3 rings (SSSR count). The Morgan fingerprint density at radius 3 is 2.68 bits per heavy atom. The molecule has 0 amide bonds. The van der Waals surface area contributed by atoms with Crippen molar-refractivity contribution in [3.63, 3.8) is 0 Å². The van der Waals surface area contributed by atoms with Gasteiger partial charge in [-0.15, -0.1) is 0 Å². The van der Waals surface area contributed by atoms with Crippen LogP contribution in [0.1, 0.15) is 29.4 Å². The summed E-state index contributed by atoms with van der Waals surface area (Å²) in [6, 6.07) is 9.28. The Morgan fingerprint density at radius 2 is 1.96 bits per heavy atom. The van der Waals surface area contributed by atoms with E-state index in [1.807, 2.05) is 26.0 Å². The fourth-order valence-electron chi connectivity index (χ4n) is 2.80. The third kappa shape index (κ3) is 4.38. The fourth-order valence-corrected chi connectivity index (χ4v) is 2.80. The van der Waals surface area contributed by atoms with Crippen molar-refractivity contribution in [2.24, 2.45) is 0 Å². The van der Waals surface area contributed by atoms with Crippen LogP contribution in [-0.2, 0) is 16.1 Å². The number of hydrogen-bond donors (Lipinski definition) is 0. The molecular weight excluding hydrogens is 354 g/mol. The van der Waals surface area contributed by atoms with Gasteiger partial charge in [0.2, 0.25) is 0 Å². The first kappa shape index (κ1) is 19.2. The number of benzene rings is 1. The SMILES string of the molecule is CCOC(=O)Cn1ccc(-n2ccnc2C#Cc2ccc(C)cc2C)cc1=O. The van der Waals surface area contributed by atoms with Gasteiger partial charge in [-0.1, -0.05) is 23.6 Å². The van der Waals surface area contributed by atoms with Crippen molar-refractivity contribution in [2.45, 2.75) is 27.3 Å². The van der Waals surface area contributed by atoms with Gasteiger partial charge in [0.25, 0.3) is 5.56 Å². The first-order valence-corrected chi connectivity index (χ1v) is 8.97. The molecule has 2 heterocycles. The standard InChI is InChI=1S/C22H21N3O3/c1-4-28-22(27)15-24-11-9-19(14-21(24)26)25-12-10-23-20(25)8-7-18-6-5-16(2)13-17(18)3/h5-6,9-14H,4,15H2,1-3H3. The number of aryl methyl sites for hydroxylation is 2. The average Bonchev–Trinajstić information content (AvgIpc) is 3.11. The van der Waals surface area contributed by atoms with Crippen molar-refractivity contribution in [3.05, 3.63) is 81.8 Å². The van der Waals surface area contributed by atoms with Crippen LogP contribution in [0.4, 0.5) is 0 Å². The molecular formula is C22H21N3O3. The zero-order valence-corrected chi connectivity index (χ0v) is 16.1. The lowest BCUT2D eigenvalue weighted by molar-refractivity contribution is -0.143. The van der Waals surface area contributed by atoms with Crippen LogP contribution in [0.2, 0.25) is 0 Å². The number of pyridine rings is 1. The van der Waals surface area contributed by atoms with Crippen molar-refractivity contribution in [1.29, 1.82) is 0 Å². The number of hydrogen-bond acceptors (Lipinski definition) is 4. The minimum Gasteiger partial charge on any atom is -0.465 e. The molecule has 6 nitrogen and oxygen atoms in total. The highest BCUT2D eigenvalue weighted by Crippen LogP contribution is 2.11. The summed E-state index contributed by atoms with van der Waals surface area (Å²) in [7, 11) is 0. The number of aromatic nitrogens is 3. The Balaban J connectivity index is 1.88. The smallest absolute Gasteiger partial charge is 0.326 e. The van der Waals surface area contributed by atoms with Crippen LogP contribution in [-0.4, -0.2) is 26.7 Å². The molecule has 1 aromatic carbocycles. The number of nitrogens with zero attached hydrogens (tertiary/aromatic N) is 3. The molecule has 0 N–H and O–H groups in total. The van der Waals surface area contributed by atoms with Crippen molar-refractivity contribution < 1.29 is 9.53 Å². The number of esters is 1. The average molecular weight is 375 g/mol. The molecule has 0 saturated heterocycles. The minimum absolute atomic E-state index is 0.115. The van der Waals surface area contributed by atoms with E-state index in [2.05, 4.69) is 22.9 Å². The van der Waals surface area contributed by atoms with E-state index in [-0.39, 0.29) is 18.7 Å². The minimum atomic E-state index is -0.444. The Morgan fingerprint density at radius 1 is 1.14 bits per heavy atom. The Labute approximate surface area is 163 Å². The Hall–Kier alpha value is -3.59. The summed E-state index contributed by atoms with van der Waals surface area (Å²) in [4.78, 5) is 28.2. The number of carbonyl (C=O) groups is 1. The summed E-state index contributed by atoms with van der Waals surface area (Å²) < 4.78 is 7.93. The van der Waals surface area contributed by atoms with Gasteiger partial charge >= 0.3 is 5.97 Å². The van der Waals surface area contributed by atoms with Gasteiger partial charge in [0.05, 0.1) is 12.3 Å². The molecule has 28 heavy (non-hydrogen) atoms. The van der Waals surface area contributed by atoms with Gasteiger partial charge in [-0.3, -0.25) is 14.2 Å². The van der Waals surface area contributed by atoms with Crippen molar-refractivity contribution in [3.8, 4) is 17.5 Å². The summed E-state index contributed by atoms with van der Waals surface area (Å²) in [6.07, 6.45) is 4.95. The monoisotopic (exact) mass is 375 g/mol. The second-order valence-electron chi connectivity index (χ2n) is 6.35. The highest BCUT2D eigenvalue weighted by atomic mass is 16.5. The van der Waals surface area contributed by atoms with Gasteiger partial charge in [-0.05, 0) is 44.4 Å². The maximum Gasteiger partial charge on any atom is 0.326 e. The predicted molar refractivity (Wildman–Crippen MR) is 106 cm³/mol. The molecule has 0 atom stereocenters. The summed E-state index contributed by atoms with van der Waals surface area (Å²) in [5.41, 5.74) is 3.56. The van der Waals surface area contributed by atoms with Crippen LogP contribution in [0.25, 0.3) is 5.69 Å². The fraction of sp³-hybridized carbons (Fsp3) is 0.227. The third-order valence-electron chi connectivity index (χ3n) is 4.19. The van der Waals surface area contributed by atoms with Crippen molar-refractivity contribution in [1.82, 2.24) is 14.1 Å². The molecule has 0 aliphatic rings. The summed E-state index contributed by atoms with van der Waals surface area (Å²) in [6.45, 7) is 5.96. The highest BCUT2D eigenvalue weighted by molar-refractivity contribution is 5.69. The lowest BCUT2D eigenvalue weighted by atomic mass is 10.1. The molecule has 0 unspecified atom stereocenters. The van der Waals surface area contributed by atoms with Gasteiger partial charge in [-0.2, -0.15) is 0 Å². The maximum absolute atomic E-state index is 12.3. The summed E-state index contributed by atoms with van der Waals surface area (Å²) in [5, 5.41) is 0. The van der Waals surface area contributed by atoms with E-state index in [9.17, 15) is 9.59 Å². The van der Waals surface area contributed by atoms with Gasteiger partial charge in [0, 0.05) is 30.2 Å². The number of imidazole rings is 1. The number of carbonyl (C=O) groups excluding carboxylic acids is 1. The van der Waals surface area contributed by atoms with E-state index in [4.69, 9.17) is 4.74 Å². The molecule has 0 saturated carbocycles. The van der Waals surface area contributed by atoms with Gasteiger partial charge in [0.15, 0.2) is 5.82 Å². The van der Waals surface area contributed by atoms with E-state index in [0.29, 0.717) is 11.5 Å². The molecule has 2 aromatic heterocycles. The molecule has 0 bridgehead atoms. The predicted octanol–water partition coefficient (Wildman–Crippen LogP) is 2.61. The zero-order chi connectivity index (χ0) is 20.1. The third-order valence-corrected chi connectivity index (χ3v) is 4.19. The topological polar surface area (TPSA) is 66.1 Å². The van der Waals surface area contributed by atoms with Crippen molar-refractivity contribution in [2.75, 3.05) is 6.61 Å². The highest BCUT2D eigenvalue weighted by Gasteiger charge is 2.08. The molecule has 0 aliphatic carbocycles. The molecule has 0 spiro atoms. The molecule has 3 aromatic rings. The van der Waals surface area contributed by atoms with Crippen LogP contribution >= 0.6 is 0 Å². The Kier molecular flexibility index (Phi) is 5.75. The first-order chi connectivity index (χ1) is 13.5. The van der Waals surface area contributed by atoms with E-state index >= 15 is 0 Å². The van der Waals surface area contributed by atoms with E-state index in [1.165, 1.54) is 16.2 Å². The van der Waals surface area contributed by atoms with Crippen molar-refractivity contribution >= 4 is 5.97 Å². The molecule has 142 valence electrons. The second-order valence-corrected chi connectivity index (χ2v) is 6.35. The van der Waals surface area contributed by atoms with Crippen LogP contribution in [0, 0.1) is 25.7 Å². The van der Waals surface area contributed by atoms with Crippen LogP contribution in [0.3, 0.4) is 0 Å². The lowest BCUT2D eigenvalue weighted by Gasteiger charge is -2.08. The maximum atomic E-state index is 12.3. The molecule has 0 aliphatic heterocycles. The van der Waals surface area contributed by atoms with Gasteiger partial charge in [0.1, 0.15) is 6.54 Å². The number of rotatable bonds is 4. The molecule has 0 fully saturated rings. The van der Waals surface area contributed by atoms with Gasteiger partial charge < -0.3 is 9.30 Å². The number of ether oxygens (including phenoxy) is 1. The summed E-state index contributed by atoms with van der Waals surface area (Å²) in [5.74, 6) is 6.30. The zero-order valence-electron chi connectivity index (χ0n) is 16.1. The first-order valence-electron chi connectivity index (χ1n) is 8.97. The lowest BCUT2D eigenvalue weighted by Crippen LogP contribution is -2.24. The Bertz CT molecular complexity index is 1130. The van der Waals surface area contributed by atoms with Crippen LogP contribution in [0.15, 0.2) is 53.7 Å². The largest absolute Gasteiger partial charge is 0.465 e. The molecule has 0 radical (unpaired) electrons. The van der Waals surface area contributed by atoms with Crippen LogP contribution < -0.4 is 5.56 Å². The second kappa shape index (κ2) is 8.40. The quantitative estimate of drug-likeness (QED) is 0.519. The van der Waals surface area contributed by atoms with E-state index in [0.717, 1.165) is 11.1 Å². The normalized spacial score (nSPS) is 10.2. The van der Waals surface area contributed by atoms with E-state index in [1.54, 1.807) is 36.1 Å². The summed E-state index contributed by atoms with van der Waals surface area (Å²) >= 11 is 0. The van der Waals surface area contributed by atoms with Gasteiger partial charge in [-0.25, -0.2) is 4.98 Å².